The number of hydrogen-bond donors (Lipinski definition) is 1. The second kappa shape index (κ2) is 4.43. The van der Waals surface area contributed by atoms with Crippen molar-refractivity contribution in [1.82, 2.24) is 10.2 Å². The maximum atomic E-state index is 12.5. The fourth-order valence-electron chi connectivity index (χ4n) is 1.44. The normalized spacial score (nSPS) is 12.5. The lowest BCUT2D eigenvalue weighted by atomic mass is 10.0. The van der Waals surface area contributed by atoms with Crippen LogP contribution in [0.4, 0.5) is 13.2 Å². The van der Waals surface area contributed by atoms with Gasteiger partial charge in [0.05, 0.1) is 0 Å². The third-order valence-corrected chi connectivity index (χ3v) is 2.28. The molecule has 1 rings (SSSR count). The summed E-state index contributed by atoms with van der Waals surface area (Å²) in [6, 6.07) is 0. The SMILES string of the molecule is CC(C)c1[nH]nc(C(F)(F)F)c1CCCl. The maximum absolute atomic E-state index is 12.5. The minimum Gasteiger partial charge on any atom is -0.281 e. The van der Waals surface area contributed by atoms with Crippen LogP contribution in [0.2, 0.25) is 0 Å². The van der Waals surface area contributed by atoms with Gasteiger partial charge in [-0.05, 0) is 12.3 Å². The monoisotopic (exact) mass is 240 g/mol. The van der Waals surface area contributed by atoms with Crippen LogP contribution < -0.4 is 0 Å². The van der Waals surface area contributed by atoms with Gasteiger partial charge in [0.15, 0.2) is 5.69 Å². The summed E-state index contributed by atoms with van der Waals surface area (Å²) in [7, 11) is 0. The first-order chi connectivity index (χ1) is 6.88. The molecule has 0 bridgehead atoms. The highest BCUT2D eigenvalue weighted by Gasteiger charge is 2.37. The molecular weight excluding hydrogens is 229 g/mol. The van der Waals surface area contributed by atoms with Gasteiger partial charge in [0, 0.05) is 17.1 Å². The minimum atomic E-state index is -4.41. The molecule has 0 aromatic carbocycles. The van der Waals surface area contributed by atoms with E-state index < -0.39 is 11.9 Å². The quantitative estimate of drug-likeness (QED) is 0.807. The van der Waals surface area contributed by atoms with Crippen LogP contribution in [-0.4, -0.2) is 16.1 Å². The molecule has 0 aliphatic rings. The van der Waals surface area contributed by atoms with Crippen molar-refractivity contribution in [2.75, 3.05) is 5.88 Å². The Balaban J connectivity index is 3.18. The molecule has 15 heavy (non-hydrogen) atoms. The van der Waals surface area contributed by atoms with Gasteiger partial charge in [0.1, 0.15) is 0 Å². The number of halogens is 4. The molecule has 0 radical (unpaired) electrons. The zero-order valence-corrected chi connectivity index (χ0v) is 9.21. The van der Waals surface area contributed by atoms with Crippen molar-refractivity contribution >= 4 is 11.6 Å². The summed E-state index contributed by atoms with van der Waals surface area (Å²) >= 11 is 5.48. The molecule has 0 saturated heterocycles. The summed E-state index contributed by atoms with van der Waals surface area (Å²) < 4.78 is 37.6. The predicted molar refractivity (Wildman–Crippen MR) is 52.1 cm³/mol. The maximum Gasteiger partial charge on any atom is 0.435 e. The van der Waals surface area contributed by atoms with Crippen molar-refractivity contribution in [3.8, 4) is 0 Å². The van der Waals surface area contributed by atoms with Gasteiger partial charge in [0.2, 0.25) is 0 Å². The van der Waals surface area contributed by atoms with E-state index >= 15 is 0 Å². The highest BCUT2D eigenvalue weighted by atomic mass is 35.5. The highest BCUT2D eigenvalue weighted by molar-refractivity contribution is 6.18. The molecule has 0 unspecified atom stereocenters. The average molecular weight is 241 g/mol. The topological polar surface area (TPSA) is 28.7 Å². The van der Waals surface area contributed by atoms with Gasteiger partial charge in [-0.3, -0.25) is 5.10 Å². The Bertz CT molecular complexity index is 331. The van der Waals surface area contributed by atoms with Gasteiger partial charge >= 0.3 is 6.18 Å². The molecular formula is C9H12ClF3N2. The first-order valence-electron chi connectivity index (χ1n) is 4.58. The summed E-state index contributed by atoms with van der Waals surface area (Å²) in [6.45, 7) is 3.62. The third kappa shape index (κ3) is 2.65. The molecule has 1 aromatic rings. The number of nitrogens with zero attached hydrogens (tertiary/aromatic N) is 1. The van der Waals surface area contributed by atoms with E-state index in [4.69, 9.17) is 11.6 Å². The average Bonchev–Trinajstić information content (AvgIpc) is 2.47. The van der Waals surface area contributed by atoms with Crippen molar-refractivity contribution in [2.45, 2.75) is 32.4 Å². The molecule has 0 amide bonds. The predicted octanol–water partition coefficient (Wildman–Crippen LogP) is 3.33. The van der Waals surface area contributed by atoms with Crippen LogP contribution in [0.15, 0.2) is 0 Å². The van der Waals surface area contributed by atoms with Gasteiger partial charge in [-0.1, -0.05) is 13.8 Å². The molecule has 0 spiro atoms. The van der Waals surface area contributed by atoms with E-state index in [0.717, 1.165) is 0 Å². The number of H-pyrrole nitrogens is 1. The molecule has 0 fully saturated rings. The number of alkyl halides is 4. The van der Waals surface area contributed by atoms with Crippen LogP contribution in [0.1, 0.15) is 36.7 Å². The number of aromatic nitrogens is 2. The van der Waals surface area contributed by atoms with E-state index in [2.05, 4.69) is 10.2 Å². The fraction of sp³-hybridized carbons (Fsp3) is 0.667. The first kappa shape index (κ1) is 12.4. The van der Waals surface area contributed by atoms with Gasteiger partial charge in [0.25, 0.3) is 0 Å². The van der Waals surface area contributed by atoms with Gasteiger partial charge < -0.3 is 0 Å². The van der Waals surface area contributed by atoms with Crippen molar-refractivity contribution in [2.24, 2.45) is 0 Å². The van der Waals surface area contributed by atoms with Crippen LogP contribution >= 0.6 is 11.6 Å². The van der Waals surface area contributed by atoms with E-state index in [1.807, 2.05) is 13.8 Å². The summed E-state index contributed by atoms with van der Waals surface area (Å²) in [4.78, 5) is 0. The van der Waals surface area contributed by atoms with Crippen molar-refractivity contribution in [1.29, 1.82) is 0 Å². The molecule has 1 aromatic heterocycles. The Labute approximate surface area is 90.8 Å². The van der Waals surface area contributed by atoms with E-state index in [-0.39, 0.29) is 23.8 Å². The zero-order chi connectivity index (χ0) is 11.6. The fourth-order valence-corrected chi connectivity index (χ4v) is 1.63. The van der Waals surface area contributed by atoms with E-state index in [1.54, 1.807) is 0 Å². The second-order valence-electron chi connectivity index (χ2n) is 3.56. The van der Waals surface area contributed by atoms with E-state index in [1.165, 1.54) is 0 Å². The Morgan fingerprint density at radius 3 is 2.40 bits per heavy atom. The second-order valence-corrected chi connectivity index (χ2v) is 3.93. The Morgan fingerprint density at radius 1 is 1.40 bits per heavy atom. The number of aromatic amines is 1. The van der Waals surface area contributed by atoms with Crippen molar-refractivity contribution < 1.29 is 13.2 Å². The standard InChI is InChI=1S/C9H12ClF3N2/c1-5(2)7-6(3-4-10)8(15-14-7)9(11,12)13/h5H,3-4H2,1-2H3,(H,14,15). The Hall–Kier alpha value is -0.710. The van der Waals surface area contributed by atoms with Crippen molar-refractivity contribution in [3.63, 3.8) is 0 Å². The minimum absolute atomic E-state index is 0.0215. The lowest BCUT2D eigenvalue weighted by molar-refractivity contribution is -0.141. The summed E-state index contributed by atoms with van der Waals surface area (Å²) in [5, 5.41) is 5.76. The molecule has 1 N–H and O–H groups in total. The van der Waals surface area contributed by atoms with E-state index in [0.29, 0.717) is 5.69 Å². The van der Waals surface area contributed by atoms with Crippen LogP contribution in [0.5, 0.6) is 0 Å². The molecule has 86 valence electrons. The smallest absolute Gasteiger partial charge is 0.281 e. The molecule has 2 nitrogen and oxygen atoms in total. The van der Waals surface area contributed by atoms with E-state index in [9.17, 15) is 13.2 Å². The van der Waals surface area contributed by atoms with Crippen molar-refractivity contribution in [3.05, 3.63) is 17.0 Å². The third-order valence-electron chi connectivity index (χ3n) is 2.09. The van der Waals surface area contributed by atoms with Gasteiger partial charge in [-0.25, -0.2) is 0 Å². The summed E-state index contributed by atoms with van der Waals surface area (Å²) in [5.74, 6) is 0.134. The van der Waals surface area contributed by atoms with Crippen LogP contribution in [-0.2, 0) is 12.6 Å². The number of hydrogen-bond acceptors (Lipinski definition) is 1. The number of nitrogens with one attached hydrogen (secondary N) is 1. The van der Waals surface area contributed by atoms with Crippen LogP contribution in [0, 0.1) is 0 Å². The first-order valence-corrected chi connectivity index (χ1v) is 5.11. The summed E-state index contributed by atoms with van der Waals surface area (Å²) in [5.41, 5.74) is -0.137. The molecule has 6 heteroatoms. The molecule has 1 heterocycles. The van der Waals surface area contributed by atoms with Gasteiger partial charge in [-0.2, -0.15) is 18.3 Å². The van der Waals surface area contributed by atoms with Gasteiger partial charge in [-0.15, -0.1) is 11.6 Å². The van der Waals surface area contributed by atoms with Crippen LogP contribution in [0.3, 0.4) is 0 Å². The molecule has 0 atom stereocenters. The summed E-state index contributed by atoms with van der Waals surface area (Å²) in [6.07, 6.45) is -4.23. The Kier molecular flexibility index (Phi) is 3.65. The molecule has 0 aliphatic carbocycles. The lowest BCUT2D eigenvalue weighted by Crippen LogP contribution is -2.10. The largest absolute Gasteiger partial charge is 0.435 e. The lowest BCUT2D eigenvalue weighted by Gasteiger charge is -2.08. The molecule has 0 saturated carbocycles. The zero-order valence-electron chi connectivity index (χ0n) is 8.45. The Morgan fingerprint density at radius 2 is 2.00 bits per heavy atom. The highest BCUT2D eigenvalue weighted by Crippen LogP contribution is 2.33. The number of rotatable bonds is 3. The molecule has 0 aliphatic heterocycles. The van der Waals surface area contributed by atoms with Crippen LogP contribution in [0.25, 0.3) is 0 Å².